The van der Waals surface area contributed by atoms with Gasteiger partial charge >= 0.3 is 0 Å². The lowest BCUT2D eigenvalue weighted by Crippen LogP contribution is -2.43. The van der Waals surface area contributed by atoms with Crippen LogP contribution in [0.3, 0.4) is 0 Å². The minimum Gasteiger partial charge on any atom is -0.451 e. The van der Waals surface area contributed by atoms with Gasteiger partial charge in [0, 0.05) is 24.5 Å². The zero-order chi connectivity index (χ0) is 23.2. The van der Waals surface area contributed by atoms with Crippen molar-refractivity contribution in [3.05, 3.63) is 72.2 Å². The molecule has 33 heavy (non-hydrogen) atoms. The maximum absolute atomic E-state index is 14.0. The van der Waals surface area contributed by atoms with Crippen molar-refractivity contribution in [2.45, 2.75) is 38.6 Å². The first kappa shape index (κ1) is 22.6. The van der Waals surface area contributed by atoms with E-state index >= 15 is 0 Å². The highest BCUT2D eigenvalue weighted by Gasteiger charge is 2.23. The van der Waals surface area contributed by atoms with Crippen LogP contribution in [0, 0.1) is 5.82 Å². The molecular weight excluding hydrogens is 421 g/mol. The summed E-state index contributed by atoms with van der Waals surface area (Å²) in [6, 6.07) is 16.3. The summed E-state index contributed by atoms with van der Waals surface area (Å²) >= 11 is 0. The number of hydrogen-bond donors (Lipinski definition) is 2. The molecule has 2 N–H and O–H groups in total. The van der Waals surface area contributed by atoms with Gasteiger partial charge in [-0.1, -0.05) is 31.5 Å². The molecule has 0 radical (unpaired) electrons. The number of furan rings is 1. The Hall–Kier alpha value is -3.61. The Labute approximate surface area is 192 Å². The summed E-state index contributed by atoms with van der Waals surface area (Å²) in [5, 5.41) is 5.68. The Bertz CT molecular complexity index is 1120. The molecule has 0 bridgehead atoms. The number of halogens is 1. The van der Waals surface area contributed by atoms with Crippen molar-refractivity contribution in [3.63, 3.8) is 0 Å². The smallest absolute Gasteiger partial charge is 0.287 e. The van der Waals surface area contributed by atoms with E-state index in [2.05, 4.69) is 15.5 Å². The predicted octanol–water partition coefficient (Wildman–Crippen LogP) is 5.22. The maximum Gasteiger partial charge on any atom is 0.287 e. The van der Waals surface area contributed by atoms with Crippen LogP contribution in [0.5, 0.6) is 0 Å². The number of benzene rings is 2. The number of hydrogen-bond acceptors (Lipinski definition) is 4. The molecule has 0 unspecified atom stereocenters. The standard InChI is InChI=1S/C26H28FN3O3/c1-2-8-22(25(31)28-18-9-7-10-19(17-18)30-15-5-6-16-30)29-26(32)24-14-13-23(33-24)20-11-3-4-12-21(20)27/h3-4,7,9-14,17,22H,2,5-6,8,15-16H2,1H3,(H,28,31)(H,29,32)/t22-/m0/s1. The molecule has 1 aliphatic rings. The molecule has 1 fully saturated rings. The number of carbonyl (C=O) groups is 2. The van der Waals surface area contributed by atoms with Crippen molar-refractivity contribution in [2.75, 3.05) is 23.3 Å². The van der Waals surface area contributed by atoms with Crippen molar-refractivity contribution in [1.29, 1.82) is 0 Å². The van der Waals surface area contributed by atoms with Crippen LogP contribution in [-0.2, 0) is 4.79 Å². The molecule has 172 valence electrons. The van der Waals surface area contributed by atoms with E-state index in [-0.39, 0.29) is 23.0 Å². The summed E-state index contributed by atoms with van der Waals surface area (Å²) < 4.78 is 19.6. The van der Waals surface area contributed by atoms with E-state index in [4.69, 9.17) is 4.42 Å². The maximum atomic E-state index is 14.0. The average molecular weight is 450 g/mol. The van der Waals surface area contributed by atoms with Crippen LogP contribution in [0.25, 0.3) is 11.3 Å². The number of amides is 2. The van der Waals surface area contributed by atoms with Gasteiger partial charge in [-0.15, -0.1) is 0 Å². The second-order valence-corrected chi connectivity index (χ2v) is 8.19. The molecule has 1 aromatic heterocycles. The van der Waals surface area contributed by atoms with Crippen molar-refractivity contribution in [1.82, 2.24) is 5.32 Å². The van der Waals surface area contributed by atoms with E-state index < -0.39 is 17.8 Å². The highest BCUT2D eigenvalue weighted by molar-refractivity contribution is 6.00. The van der Waals surface area contributed by atoms with Gasteiger partial charge in [0.15, 0.2) is 5.76 Å². The Kier molecular flexibility index (Phi) is 7.07. The highest BCUT2D eigenvalue weighted by Crippen LogP contribution is 2.25. The summed E-state index contributed by atoms with van der Waals surface area (Å²) in [5.41, 5.74) is 2.05. The van der Waals surface area contributed by atoms with Crippen LogP contribution in [0.4, 0.5) is 15.8 Å². The lowest BCUT2D eigenvalue weighted by molar-refractivity contribution is -0.118. The quantitative estimate of drug-likeness (QED) is 0.494. The molecule has 7 heteroatoms. The molecule has 0 saturated carbocycles. The predicted molar refractivity (Wildman–Crippen MR) is 127 cm³/mol. The monoisotopic (exact) mass is 449 g/mol. The Morgan fingerprint density at radius 2 is 1.85 bits per heavy atom. The summed E-state index contributed by atoms with van der Waals surface area (Å²) in [6.07, 6.45) is 3.54. The molecule has 2 amide bonds. The van der Waals surface area contributed by atoms with Gasteiger partial charge in [0.2, 0.25) is 5.91 Å². The van der Waals surface area contributed by atoms with E-state index in [1.807, 2.05) is 31.2 Å². The van der Waals surface area contributed by atoms with Crippen LogP contribution < -0.4 is 15.5 Å². The van der Waals surface area contributed by atoms with Crippen LogP contribution in [0.15, 0.2) is 65.1 Å². The Morgan fingerprint density at radius 1 is 1.06 bits per heavy atom. The van der Waals surface area contributed by atoms with E-state index in [1.165, 1.54) is 25.0 Å². The van der Waals surface area contributed by atoms with Crippen molar-refractivity contribution >= 4 is 23.2 Å². The molecule has 6 nitrogen and oxygen atoms in total. The fourth-order valence-corrected chi connectivity index (χ4v) is 4.04. The molecule has 2 heterocycles. The Morgan fingerprint density at radius 3 is 2.61 bits per heavy atom. The SMILES string of the molecule is CCC[C@H](NC(=O)c1ccc(-c2ccccc2F)o1)C(=O)Nc1cccc(N2CCCC2)c1. The van der Waals surface area contributed by atoms with Crippen molar-refractivity contribution in [2.24, 2.45) is 0 Å². The first-order chi connectivity index (χ1) is 16.0. The number of anilines is 2. The van der Waals surface area contributed by atoms with Crippen LogP contribution in [-0.4, -0.2) is 30.9 Å². The molecule has 4 rings (SSSR count). The van der Waals surface area contributed by atoms with Gasteiger partial charge in [0.05, 0.1) is 5.56 Å². The van der Waals surface area contributed by atoms with Crippen LogP contribution in [0.2, 0.25) is 0 Å². The summed E-state index contributed by atoms with van der Waals surface area (Å²) in [6.45, 7) is 3.98. The molecule has 0 spiro atoms. The fourth-order valence-electron chi connectivity index (χ4n) is 4.04. The van der Waals surface area contributed by atoms with Crippen molar-refractivity contribution in [3.8, 4) is 11.3 Å². The first-order valence-electron chi connectivity index (χ1n) is 11.4. The van der Waals surface area contributed by atoms with Crippen LogP contribution >= 0.6 is 0 Å². The summed E-state index contributed by atoms with van der Waals surface area (Å²) in [7, 11) is 0. The summed E-state index contributed by atoms with van der Waals surface area (Å²) in [5.74, 6) is -0.952. The van der Waals surface area contributed by atoms with Crippen molar-refractivity contribution < 1.29 is 18.4 Å². The second-order valence-electron chi connectivity index (χ2n) is 8.19. The largest absolute Gasteiger partial charge is 0.451 e. The van der Waals surface area contributed by atoms with Gasteiger partial charge in [-0.3, -0.25) is 9.59 Å². The molecular formula is C26H28FN3O3. The topological polar surface area (TPSA) is 74.6 Å². The number of nitrogens with one attached hydrogen (secondary N) is 2. The minimum absolute atomic E-state index is 0.0261. The number of nitrogens with zero attached hydrogens (tertiary/aromatic N) is 1. The van der Waals surface area contributed by atoms with E-state index in [9.17, 15) is 14.0 Å². The molecule has 3 aromatic rings. The normalized spacial score (nSPS) is 14.2. The lowest BCUT2D eigenvalue weighted by Gasteiger charge is -2.20. The van der Waals surface area contributed by atoms with Gasteiger partial charge in [-0.2, -0.15) is 0 Å². The first-order valence-corrected chi connectivity index (χ1v) is 11.4. The third kappa shape index (κ3) is 5.42. The highest BCUT2D eigenvalue weighted by atomic mass is 19.1. The van der Waals surface area contributed by atoms with Gasteiger partial charge < -0.3 is 20.0 Å². The van der Waals surface area contributed by atoms with E-state index in [1.54, 1.807) is 24.3 Å². The lowest BCUT2D eigenvalue weighted by atomic mass is 10.1. The molecule has 1 atom stereocenters. The molecule has 0 aliphatic carbocycles. The summed E-state index contributed by atoms with van der Waals surface area (Å²) in [4.78, 5) is 28.0. The second kappa shape index (κ2) is 10.3. The molecule has 1 aliphatic heterocycles. The third-order valence-electron chi connectivity index (χ3n) is 5.75. The zero-order valence-electron chi connectivity index (χ0n) is 18.6. The number of carbonyl (C=O) groups excluding carboxylic acids is 2. The Balaban J connectivity index is 1.43. The van der Waals surface area contributed by atoms with E-state index in [0.29, 0.717) is 18.5 Å². The average Bonchev–Trinajstić information content (AvgIpc) is 3.52. The van der Waals surface area contributed by atoms with E-state index in [0.717, 1.165) is 18.8 Å². The molecule has 1 saturated heterocycles. The van der Waals surface area contributed by atoms with Gasteiger partial charge in [0.25, 0.3) is 5.91 Å². The van der Waals surface area contributed by atoms with Gasteiger partial charge in [0.1, 0.15) is 17.6 Å². The van der Waals surface area contributed by atoms with Gasteiger partial charge in [-0.25, -0.2) is 4.39 Å². The van der Waals surface area contributed by atoms with Crippen LogP contribution in [0.1, 0.15) is 43.2 Å². The minimum atomic E-state index is -0.722. The van der Waals surface area contributed by atoms with Gasteiger partial charge in [-0.05, 0) is 61.7 Å². The number of rotatable bonds is 8. The third-order valence-corrected chi connectivity index (χ3v) is 5.75. The molecule has 2 aromatic carbocycles. The fraction of sp³-hybridized carbons (Fsp3) is 0.308. The zero-order valence-corrected chi connectivity index (χ0v) is 18.6.